The molecule has 0 aliphatic carbocycles. The van der Waals surface area contributed by atoms with E-state index < -0.39 is 27.8 Å². The van der Waals surface area contributed by atoms with Crippen molar-refractivity contribution in [1.82, 2.24) is 0 Å². The highest BCUT2D eigenvalue weighted by molar-refractivity contribution is 7.87. The molecule has 9 heteroatoms. The summed E-state index contributed by atoms with van der Waals surface area (Å²) in [5.74, 6) is 0.112. The molecule has 2 rings (SSSR count). The van der Waals surface area contributed by atoms with Crippen molar-refractivity contribution >= 4 is 33.4 Å². The van der Waals surface area contributed by atoms with E-state index in [0.717, 1.165) is 4.90 Å². The van der Waals surface area contributed by atoms with Crippen molar-refractivity contribution in [2.45, 2.75) is 11.7 Å². The fourth-order valence-corrected chi connectivity index (χ4v) is 3.06. The van der Waals surface area contributed by atoms with Gasteiger partial charge >= 0.3 is 10.2 Å². The van der Waals surface area contributed by atoms with Crippen LogP contribution in [0.15, 0.2) is 12.1 Å². The first-order chi connectivity index (χ1) is 9.77. The van der Waals surface area contributed by atoms with Crippen LogP contribution in [0.5, 0.6) is 11.5 Å². The van der Waals surface area contributed by atoms with Gasteiger partial charge in [0.1, 0.15) is 16.7 Å². The summed E-state index contributed by atoms with van der Waals surface area (Å²) in [7, 11) is -1.97. The van der Waals surface area contributed by atoms with Gasteiger partial charge in [-0.25, -0.2) is 0 Å². The van der Waals surface area contributed by atoms with Crippen molar-refractivity contribution in [3.05, 3.63) is 17.2 Å². The third-order valence-corrected chi connectivity index (χ3v) is 4.64. The SMILES string of the molecule is COc1cc(OC)c(N2CC(S(=O)(=O)F)CC2=O)cc1Cl. The van der Waals surface area contributed by atoms with E-state index in [1.165, 1.54) is 26.4 Å². The molecule has 0 N–H and O–H groups in total. The number of nitrogens with zero attached hydrogens (tertiary/aromatic N) is 1. The van der Waals surface area contributed by atoms with Gasteiger partial charge in [-0.2, -0.15) is 8.42 Å². The van der Waals surface area contributed by atoms with Gasteiger partial charge in [-0.3, -0.25) is 4.79 Å². The zero-order chi connectivity index (χ0) is 15.8. The monoisotopic (exact) mass is 337 g/mol. The standard InChI is InChI=1S/C12H13ClFNO5S/c1-19-10-5-11(20-2)9(4-8(10)13)15-6-7(3-12(15)16)21(14,17)18/h4-5,7H,3,6H2,1-2H3. The molecule has 1 atom stereocenters. The molecule has 1 amide bonds. The largest absolute Gasteiger partial charge is 0.495 e. The number of hydrogen-bond donors (Lipinski definition) is 0. The lowest BCUT2D eigenvalue weighted by molar-refractivity contribution is -0.117. The zero-order valence-electron chi connectivity index (χ0n) is 11.3. The van der Waals surface area contributed by atoms with Crippen LogP contribution < -0.4 is 14.4 Å². The number of benzene rings is 1. The van der Waals surface area contributed by atoms with Crippen molar-refractivity contribution in [2.24, 2.45) is 0 Å². The average molecular weight is 338 g/mol. The van der Waals surface area contributed by atoms with Gasteiger partial charge in [0, 0.05) is 19.0 Å². The van der Waals surface area contributed by atoms with E-state index in [1.54, 1.807) is 0 Å². The topological polar surface area (TPSA) is 72.9 Å². The fraction of sp³-hybridized carbons (Fsp3) is 0.417. The third kappa shape index (κ3) is 3.06. The Labute approximate surface area is 126 Å². The van der Waals surface area contributed by atoms with E-state index in [9.17, 15) is 17.1 Å². The predicted molar refractivity (Wildman–Crippen MR) is 75.3 cm³/mol. The molecule has 0 aromatic heterocycles. The Morgan fingerprint density at radius 1 is 1.29 bits per heavy atom. The maximum atomic E-state index is 13.1. The summed E-state index contributed by atoms with van der Waals surface area (Å²) in [6, 6.07) is 2.90. The summed E-state index contributed by atoms with van der Waals surface area (Å²) >= 11 is 6.00. The first kappa shape index (κ1) is 15.8. The lowest BCUT2D eigenvalue weighted by Gasteiger charge is -2.20. The van der Waals surface area contributed by atoms with Crippen LogP contribution in [-0.2, 0) is 15.0 Å². The smallest absolute Gasteiger partial charge is 0.307 e. The molecule has 21 heavy (non-hydrogen) atoms. The van der Waals surface area contributed by atoms with E-state index in [0.29, 0.717) is 5.75 Å². The predicted octanol–water partition coefficient (Wildman–Crippen LogP) is 1.76. The van der Waals surface area contributed by atoms with E-state index >= 15 is 0 Å². The van der Waals surface area contributed by atoms with Crippen LogP contribution in [0.25, 0.3) is 0 Å². The van der Waals surface area contributed by atoms with E-state index in [2.05, 4.69) is 0 Å². The second kappa shape index (κ2) is 5.69. The second-order valence-corrected chi connectivity index (χ2v) is 6.49. The summed E-state index contributed by atoms with van der Waals surface area (Å²) < 4.78 is 45.1. The van der Waals surface area contributed by atoms with Crippen LogP contribution in [0.4, 0.5) is 9.57 Å². The van der Waals surface area contributed by atoms with Gasteiger partial charge in [-0.15, -0.1) is 3.89 Å². The highest BCUT2D eigenvalue weighted by Gasteiger charge is 2.40. The molecule has 1 aliphatic rings. The number of methoxy groups -OCH3 is 2. The second-order valence-electron chi connectivity index (χ2n) is 4.46. The molecule has 0 saturated carbocycles. The number of rotatable bonds is 4. The molecule has 1 aromatic carbocycles. The van der Waals surface area contributed by atoms with Gasteiger partial charge in [0.15, 0.2) is 0 Å². The van der Waals surface area contributed by atoms with Gasteiger partial charge in [0.25, 0.3) is 0 Å². The van der Waals surface area contributed by atoms with Gasteiger partial charge in [-0.1, -0.05) is 11.6 Å². The number of carbonyl (C=O) groups excluding carboxylic acids is 1. The average Bonchev–Trinajstić information content (AvgIpc) is 2.80. The fourth-order valence-electron chi connectivity index (χ4n) is 2.15. The number of anilines is 1. The van der Waals surface area contributed by atoms with Crippen molar-refractivity contribution in [3.63, 3.8) is 0 Å². The molecule has 0 spiro atoms. The Hall–Kier alpha value is -1.54. The van der Waals surface area contributed by atoms with Gasteiger partial charge in [0.05, 0.1) is 24.9 Å². The van der Waals surface area contributed by atoms with Crippen LogP contribution in [-0.4, -0.2) is 40.3 Å². The van der Waals surface area contributed by atoms with Crippen LogP contribution >= 0.6 is 11.6 Å². The number of carbonyl (C=O) groups is 1. The van der Waals surface area contributed by atoms with Crippen molar-refractivity contribution in [3.8, 4) is 11.5 Å². The van der Waals surface area contributed by atoms with Crippen LogP contribution in [0, 0.1) is 0 Å². The van der Waals surface area contributed by atoms with Crippen molar-refractivity contribution in [2.75, 3.05) is 25.7 Å². The van der Waals surface area contributed by atoms with Gasteiger partial charge < -0.3 is 14.4 Å². The molecule has 1 aliphatic heterocycles. The minimum Gasteiger partial charge on any atom is -0.495 e. The summed E-state index contributed by atoms with van der Waals surface area (Å²) in [5.41, 5.74) is 0.277. The van der Waals surface area contributed by atoms with Crippen molar-refractivity contribution < 1.29 is 26.6 Å². The molecular formula is C12H13ClFNO5S. The Morgan fingerprint density at radius 3 is 2.38 bits per heavy atom. The minimum atomic E-state index is -4.78. The summed E-state index contributed by atoms with van der Waals surface area (Å²) in [6.07, 6.45) is -0.411. The molecule has 1 heterocycles. The first-order valence-corrected chi connectivity index (χ1v) is 7.75. The lowest BCUT2D eigenvalue weighted by Crippen LogP contribution is -2.27. The lowest BCUT2D eigenvalue weighted by atomic mass is 10.2. The number of ether oxygens (including phenoxy) is 2. The maximum Gasteiger partial charge on any atom is 0.307 e. The quantitative estimate of drug-likeness (QED) is 0.783. The third-order valence-electron chi connectivity index (χ3n) is 3.23. The highest BCUT2D eigenvalue weighted by Crippen LogP contribution is 2.40. The first-order valence-electron chi connectivity index (χ1n) is 5.93. The Kier molecular flexibility index (Phi) is 4.29. The molecule has 116 valence electrons. The van der Waals surface area contributed by atoms with E-state index in [4.69, 9.17) is 21.1 Å². The molecule has 1 unspecified atom stereocenters. The molecule has 1 fully saturated rings. The summed E-state index contributed by atoms with van der Waals surface area (Å²) in [5, 5.41) is -1.15. The van der Waals surface area contributed by atoms with Crippen LogP contribution in [0.3, 0.4) is 0 Å². The number of hydrogen-bond acceptors (Lipinski definition) is 5. The Balaban J connectivity index is 2.43. The van der Waals surface area contributed by atoms with E-state index in [1.807, 2.05) is 0 Å². The molecule has 1 aromatic rings. The van der Waals surface area contributed by atoms with Gasteiger partial charge in [-0.05, 0) is 6.07 Å². The van der Waals surface area contributed by atoms with Gasteiger partial charge in [0.2, 0.25) is 5.91 Å². The van der Waals surface area contributed by atoms with Crippen molar-refractivity contribution in [1.29, 1.82) is 0 Å². The molecule has 6 nitrogen and oxygen atoms in total. The number of amides is 1. The minimum absolute atomic E-state index is 0.229. The molecule has 1 saturated heterocycles. The van der Waals surface area contributed by atoms with Crippen LogP contribution in [0.1, 0.15) is 6.42 Å². The number of halogens is 2. The van der Waals surface area contributed by atoms with E-state index in [-0.39, 0.29) is 23.0 Å². The normalized spacial score (nSPS) is 19.0. The molecule has 0 bridgehead atoms. The Morgan fingerprint density at radius 2 is 1.90 bits per heavy atom. The molecule has 0 radical (unpaired) electrons. The Bertz CT molecular complexity index is 678. The van der Waals surface area contributed by atoms with Crippen LogP contribution in [0.2, 0.25) is 5.02 Å². The summed E-state index contributed by atoms with van der Waals surface area (Å²) in [4.78, 5) is 13.1. The maximum absolute atomic E-state index is 13.1. The molecular weight excluding hydrogens is 325 g/mol. The highest BCUT2D eigenvalue weighted by atomic mass is 35.5. The zero-order valence-corrected chi connectivity index (χ0v) is 12.9. The summed E-state index contributed by atoms with van der Waals surface area (Å²) in [6.45, 7) is -0.281.